The molecule has 9 rings (SSSR count). The smallest absolute Gasteiger partial charge is 0.356 e. The third-order valence-corrected chi connectivity index (χ3v) is 28.4. The van der Waals surface area contributed by atoms with E-state index < -0.39 is 29.2 Å². The molecule has 0 aliphatic heterocycles. The van der Waals surface area contributed by atoms with Crippen molar-refractivity contribution in [1.82, 2.24) is 21.3 Å². The lowest BCUT2D eigenvalue weighted by Gasteiger charge is -2.47. The Hall–Kier alpha value is -6.98. The van der Waals surface area contributed by atoms with Gasteiger partial charge in [-0.1, -0.05) is 348 Å². The number of fused-ring (bicyclic) bond motifs is 4. The van der Waals surface area contributed by atoms with Crippen molar-refractivity contribution in [2.75, 3.05) is 38.5 Å². The van der Waals surface area contributed by atoms with Crippen molar-refractivity contribution in [3.63, 3.8) is 0 Å². The number of hydrogen-bond acceptors (Lipinski definition) is 13. The number of carbonyl (C=O) groups is 6. The first-order valence-corrected chi connectivity index (χ1v) is 54.1. The number of nitrogens with one attached hydrogen (secondary N) is 4. The zero-order valence-electron chi connectivity index (χ0n) is 85.6. The Bertz CT molecular complexity index is 4180. The Morgan fingerprint density at radius 3 is 1.36 bits per heavy atom. The third kappa shape index (κ3) is 56.5. The number of hydrogen-bond donors (Lipinski definition) is 5. The van der Waals surface area contributed by atoms with Crippen LogP contribution < -0.4 is 21.3 Å². The van der Waals surface area contributed by atoms with Crippen molar-refractivity contribution in [3.8, 4) is 0 Å². The first-order chi connectivity index (χ1) is 62.3. The molecule has 4 aliphatic rings. The summed E-state index contributed by atoms with van der Waals surface area (Å²) in [5.41, 5.74) is 6.42. The molecule has 0 radical (unpaired) electrons. The minimum Gasteiger partial charge on any atom is -0.356 e. The summed E-state index contributed by atoms with van der Waals surface area (Å²) in [6.45, 7) is 42.5. The first kappa shape index (κ1) is 119. The predicted octanol–water partition coefficient (Wildman–Crippen LogP) is 27.4. The van der Waals surface area contributed by atoms with Crippen LogP contribution in [0.3, 0.4) is 0 Å². The van der Waals surface area contributed by atoms with E-state index in [-0.39, 0.29) is 70.6 Å². The van der Waals surface area contributed by atoms with Crippen LogP contribution in [0.5, 0.6) is 0 Å². The maximum absolute atomic E-state index is 12.5. The molecule has 132 heavy (non-hydrogen) atoms. The van der Waals surface area contributed by atoms with Gasteiger partial charge in [-0.3, -0.25) is 37.8 Å². The fourth-order valence-electron chi connectivity index (χ4n) is 17.4. The normalized spacial score (nSPS) is 16.5. The number of sulfone groups is 1. The lowest BCUT2D eigenvalue weighted by atomic mass is 9.58. The van der Waals surface area contributed by atoms with Crippen LogP contribution in [-0.2, 0) is 73.6 Å². The maximum atomic E-state index is 12.5. The van der Waals surface area contributed by atoms with E-state index in [0.29, 0.717) is 91.4 Å². The van der Waals surface area contributed by atoms with E-state index >= 15 is 0 Å². The first-order valence-electron chi connectivity index (χ1n) is 51.0. The van der Waals surface area contributed by atoms with E-state index in [1.807, 2.05) is 36.4 Å². The molecule has 744 valence electrons. The van der Waals surface area contributed by atoms with Crippen molar-refractivity contribution >= 4 is 69.8 Å². The van der Waals surface area contributed by atoms with E-state index in [9.17, 15) is 46.6 Å². The summed E-state index contributed by atoms with van der Waals surface area (Å²) in [5, 5.41) is 13.7. The fourth-order valence-corrected chi connectivity index (χ4v) is 19.8. The van der Waals surface area contributed by atoms with Crippen LogP contribution >= 0.6 is 7.82 Å². The Balaban J connectivity index is 0.000000428. The molecule has 2 bridgehead atoms. The minimum atomic E-state index is -4.15. The van der Waals surface area contributed by atoms with Crippen molar-refractivity contribution in [2.24, 2.45) is 50.7 Å². The van der Waals surface area contributed by atoms with E-state index in [2.05, 4.69) is 219 Å². The van der Waals surface area contributed by atoms with Crippen molar-refractivity contribution in [1.29, 1.82) is 0 Å². The lowest BCUT2D eigenvalue weighted by Crippen LogP contribution is -2.45. The number of carbonyl (C=O) groups excluding carboxylic acids is 8. The van der Waals surface area contributed by atoms with Gasteiger partial charge in [0.1, 0.15) is 17.3 Å². The highest BCUT2D eigenvalue weighted by Gasteiger charge is 2.45. The fraction of sp³-hybridized carbons (Fsp3) is 0.688. The number of benzene rings is 5. The molecule has 4 fully saturated rings. The summed E-state index contributed by atoms with van der Waals surface area (Å²) in [4.78, 5) is 98.5. The molecule has 5 aromatic carbocycles. The van der Waals surface area contributed by atoms with E-state index in [4.69, 9.17) is 18.6 Å². The van der Waals surface area contributed by atoms with Gasteiger partial charge in [0.05, 0.1) is 17.6 Å². The van der Waals surface area contributed by atoms with Gasteiger partial charge >= 0.3 is 14.0 Å². The lowest BCUT2D eigenvalue weighted by molar-refractivity contribution is -0.192. The van der Waals surface area contributed by atoms with Gasteiger partial charge in [0.2, 0.25) is 23.6 Å². The second kappa shape index (κ2) is 64.2. The summed E-state index contributed by atoms with van der Waals surface area (Å²) < 4.78 is 48.3. The predicted molar refractivity (Wildman–Crippen MR) is 544 cm³/mol. The molecule has 0 saturated heterocycles. The third-order valence-electron chi connectivity index (χ3n) is 25.6. The second-order valence-electron chi connectivity index (χ2n) is 43.9. The van der Waals surface area contributed by atoms with Gasteiger partial charge in [-0.05, 0) is 213 Å². The van der Waals surface area contributed by atoms with Crippen LogP contribution in [0.25, 0.3) is 10.8 Å². The molecule has 0 heterocycles. The van der Waals surface area contributed by atoms with E-state index in [0.717, 1.165) is 113 Å². The zero-order valence-corrected chi connectivity index (χ0v) is 87.3. The highest BCUT2D eigenvalue weighted by molar-refractivity contribution is 7.92. The van der Waals surface area contributed by atoms with Crippen molar-refractivity contribution < 1.29 is 65.3 Å². The topological polar surface area (TPSA) is 275 Å². The number of phosphoric acid groups is 1. The van der Waals surface area contributed by atoms with Crippen LogP contribution in [0.15, 0.2) is 132 Å². The molecule has 20 heteroatoms. The second-order valence-corrected chi connectivity index (χ2v) is 47.3. The molecule has 4 aliphatic carbocycles. The summed E-state index contributed by atoms with van der Waals surface area (Å²) in [6, 6.07) is 41.9. The number of aryl methyl sites for hydroxylation is 2. The van der Waals surface area contributed by atoms with Gasteiger partial charge in [-0.25, -0.2) is 13.0 Å². The van der Waals surface area contributed by atoms with Gasteiger partial charge in [0, 0.05) is 76.0 Å². The number of phosphoric ester groups is 1. The minimum absolute atomic E-state index is 0.00482. The van der Waals surface area contributed by atoms with E-state index in [1.54, 1.807) is 12.1 Å². The molecular formula is C112H181N4O14PS. The number of amides is 4. The zero-order chi connectivity index (χ0) is 98.1. The van der Waals surface area contributed by atoms with Crippen LogP contribution in [0.4, 0.5) is 0 Å². The maximum Gasteiger partial charge on any atom is 0.472 e. The number of ketones is 2. The van der Waals surface area contributed by atoms with Crippen molar-refractivity contribution in [2.45, 2.75) is 411 Å². The molecule has 0 spiro atoms. The molecular weight excluding hydrogens is 1690 g/mol. The Morgan fingerprint density at radius 1 is 0.447 bits per heavy atom. The van der Waals surface area contributed by atoms with Crippen LogP contribution in [0.1, 0.15) is 403 Å². The summed E-state index contributed by atoms with van der Waals surface area (Å²) in [7, 11) is -7.86. The van der Waals surface area contributed by atoms with Gasteiger partial charge in [-0.2, -0.15) is 9.59 Å². The number of Topliss-reactive ketones (excluding diaryl/α,β-unsaturated/α-hetero) is 2. The van der Waals surface area contributed by atoms with Gasteiger partial charge in [0.15, 0.2) is 9.84 Å². The molecule has 18 nitrogen and oxygen atoms in total. The summed E-state index contributed by atoms with van der Waals surface area (Å²) >= 11 is 0. The van der Waals surface area contributed by atoms with E-state index in [1.165, 1.54) is 170 Å². The Labute approximate surface area is 801 Å². The summed E-state index contributed by atoms with van der Waals surface area (Å²) in [6.07, 6.45) is 44.0. The molecule has 0 aromatic heterocycles. The quantitative estimate of drug-likeness (QED) is 0.0179. The van der Waals surface area contributed by atoms with Gasteiger partial charge < -0.3 is 26.2 Å². The van der Waals surface area contributed by atoms with Crippen LogP contribution in [0.2, 0.25) is 0 Å². The highest BCUT2D eigenvalue weighted by Crippen LogP contribution is 2.52. The average Bonchev–Trinajstić information content (AvgIpc) is 0.767. The Morgan fingerprint density at radius 2 is 0.871 bits per heavy atom. The average molecular weight is 1870 g/mol. The van der Waals surface area contributed by atoms with Crippen LogP contribution in [-0.4, -0.2) is 99.3 Å². The molecule has 5 N–H and O–H groups in total. The number of unbranched alkanes of at least 4 members (excludes halogenated alkanes) is 16. The summed E-state index contributed by atoms with van der Waals surface area (Å²) in [5.74, 6) is 2.53. The molecule has 5 atom stereocenters. The molecule has 5 unspecified atom stereocenters. The highest BCUT2D eigenvalue weighted by atomic mass is 32.2. The molecule has 5 aromatic rings. The number of rotatable bonds is 51. The molecule has 4 amide bonds. The van der Waals surface area contributed by atoms with Gasteiger partial charge in [-0.15, -0.1) is 0 Å². The largest absolute Gasteiger partial charge is 0.472 e. The van der Waals surface area contributed by atoms with Crippen molar-refractivity contribution in [3.05, 3.63) is 150 Å². The molecule has 4 saturated carbocycles. The SMILES string of the molecule is CC(C)(C)CCNC(=O)CCC(=O)CS(=O)(=O)c1ccc2ccccc2c1.CC(C)(C)CCNC(=O)CCCCOP(=O)(O)OC1CCC(c2ccccc2)(c2ccccc2)CC1.CCCCCC1CC2CCC1CC2C(=O)NCCC(C)(C)C.CCCCCCCCCCCCCC(=O)NCCC(C)(C)C.Cc1ccc(CCCC(=O)CCCCCCC(C)(C)C)cc1.O=C=O. The monoisotopic (exact) mass is 1870 g/mol. The Kier molecular flexibility index (Phi) is 57.9. The van der Waals surface area contributed by atoms with Crippen LogP contribution in [0, 0.1) is 57.7 Å². The van der Waals surface area contributed by atoms with Gasteiger partial charge in [0.25, 0.3) is 0 Å². The standard InChI is InChI=1S/C29H42NO5P.C21H27NO4S.C21H34O.C20H37NO.C20H41NO.CO2/c1-28(2,3)21-22-30-27(31)16-10-11-23-34-36(32,33)35-26-17-19-29(20-18-26,24-12-6-4-7-13-24)25-14-8-5-9-15-25;1-21(2,3)12-13-22-20(24)11-9-18(23)15-27(25,26)19-10-8-16-6-4-5-7-17(16)14-19;1-18-13-15-19(16-14-18)10-9-12-20(22)11-7-5-6-8-17-21(2,3)4;1-5-6-7-8-15-13-17-10-9-16(15)14-18(17)19(22)21-12-11-20(2,3)4;1-5-6-7-8-9-10-11-12-13-14-15-16-19(22)21-18-17-20(2,3)4;2-1-3/h4-9,12-15,26H,10-11,16-23H2,1-3H3,(H,30,31)(H,32,33);4-8,10,14H,9,11-13,15H2,1-3H3,(H,22,24);13-16H,5-12,17H2,1-4H3;15-18H,5-14H2,1-4H3,(H,21,22);5-18H2,1-4H3,(H,21,22);.